The summed E-state index contributed by atoms with van der Waals surface area (Å²) < 4.78 is 16.2. The van der Waals surface area contributed by atoms with Crippen LogP contribution in [0.15, 0.2) is 51.7 Å². The Hall–Kier alpha value is -2.99. The fraction of sp³-hybridized carbons (Fsp3) is 0.200. The largest absolute Gasteiger partial charge is 0.492 e. The second-order valence-electron chi connectivity index (χ2n) is 5.79. The lowest BCUT2D eigenvalue weighted by Gasteiger charge is -2.12. The maximum absolute atomic E-state index is 12.2. The molecule has 0 aliphatic carbocycles. The monoisotopic (exact) mass is 387 g/mol. The zero-order valence-corrected chi connectivity index (χ0v) is 15.6. The Morgan fingerprint density at radius 1 is 1.15 bits per heavy atom. The number of nitrogens with one attached hydrogen (secondary N) is 1. The molecule has 6 nitrogen and oxygen atoms in total. The maximum Gasteiger partial charge on any atom is 0.336 e. The molecule has 0 saturated carbocycles. The number of hydrogen-bond donors (Lipinski definition) is 1. The molecule has 0 radical (unpaired) electrons. The molecule has 0 unspecified atom stereocenters. The van der Waals surface area contributed by atoms with Crippen molar-refractivity contribution in [1.29, 1.82) is 0 Å². The molecule has 1 heterocycles. The van der Waals surface area contributed by atoms with E-state index in [1.165, 1.54) is 12.1 Å². The van der Waals surface area contributed by atoms with E-state index < -0.39 is 5.63 Å². The van der Waals surface area contributed by atoms with Gasteiger partial charge in [0.25, 0.3) is 5.91 Å². The molecule has 0 spiro atoms. The fourth-order valence-corrected chi connectivity index (χ4v) is 2.83. The van der Waals surface area contributed by atoms with Crippen LogP contribution in [0.3, 0.4) is 0 Å². The van der Waals surface area contributed by atoms with E-state index in [0.717, 1.165) is 5.56 Å². The lowest BCUT2D eigenvalue weighted by molar-refractivity contribution is -0.118. The Labute approximate surface area is 160 Å². The lowest BCUT2D eigenvalue weighted by Crippen LogP contribution is -2.20. The van der Waals surface area contributed by atoms with Crippen LogP contribution in [0.2, 0.25) is 5.02 Å². The third-order valence-electron chi connectivity index (χ3n) is 3.82. The van der Waals surface area contributed by atoms with E-state index in [0.29, 0.717) is 34.0 Å². The van der Waals surface area contributed by atoms with Crippen LogP contribution >= 0.6 is 11.6 Å². The SMILES string of the molecule is CCOc1ccccc1NC(=O)COc1cc2oc(=O)cc(C)c2cc1Cl. The predicted octanol–water partition coefficient (Wildman–Crippen LogP) is 4.17. The number of amides is 1. The molecular formula is C20H18ClNO5. The number of para-hydroxylation sites is 2. The number of halogens is 1. The van der Waals surface area contributed by atoms with Crippen LogP contribution in [0.4, 0.5) is 5.69 Å². The van der Waals surface area contributed by atoms with Gasteiger partial charge in [0, 0.05) is 17.5 Å². The molecule has 3 aromatic rings. The average Bonchev–Trinajstić information content (AvgIpc) is 2.62. The normalized spacial score (nSPS) is 10.6. The highest BCUT2D eigenvalue weighted by atomic mass is 35.5. The molecule has 27 heavy (non-hydrogen) atoms. The molecule has 0 atom stereocenters. The first-order valence-electron chi connectivity index (χ1n) is 8.36. The Bertz CT molecular complexity index is 1040. The number of rotatable bonds is 6. The van der Waals surface area contributed by atoms with E-state index >= 15 is 0 Å². The first kappa shape index (κ1) is 18.8. The smallest absolute Gasteiger partial charge is 0.336 e. The summed E-state index contributed by atoms with van der Waals surface area (Å²) in [6.45, 7) is 3.88. The third kappa shape index (κ3) is 4.41. The lowest BCUT2D eigenvalue weighted by atomic mass is 10.1. The van der Waals surface area contributed by atoms with Crippen LogP contribution < -0.4 is 20.4 Å². The van der Waals surface area contributed by atoms with Crippen LogP contribution in [-0.2, 0) is 4.79 Å². The zero-order chi connectivity index (χ0) is 19.4. The standard InChI is InChI=1S/C20H18ClNO5/c1-3-25-16-7-5-4-6-15(16)22-19(23)11-26-18-10-17-13(9-14(18)21)12(2)8-20(24)27-17/h4-10H,3,11H2,1-2H3,(H,22,23). The van der Waals surface area contributed by atoms with Gasteiger partial charge in [-0.25, -0.2) is 4.79 Å². The minimum absolute atomic E-state index is 0.256. The van der Waals surface area contributed by atoms with Crippen molar-refractivity contribution >= 4 is 34.2 Å². The van der Waals surface area contributed by atoms with Gasteiger partial charge in [-0.2, -0.15) is 0 Å². The molecule has 2 aromatic carbocycles. The molecule has 0 fully saturated rings. The van der Waals surface area contributed by atoms with E-state index in [9.17, 15) is 9.59 Å². The summed E-state index contributed by atoms with van der Waals surface area (Å²) in [6.07, 6.45) is 0. The Kier molecular flexibility index (Phi) is 5.66. The zero-order valence-electron chi connectivity index (χ0n) is 14.9. The number of ether oxygens (including phenoxy) is 2. The van der Waals surface area contributed by atoms with Gasteiger partial charge in [0.1, 0.15) is 17.1 Å². The Balaban J connectivity index is 1.74. The maximum atomic E-state index is 12.2. The first-order chi connectivity index (χ1) is 13.0. The van der Waals surface area contributed by atoms with Crippen molar-refractivity contribution in [2.45, 2.75) is 13.8 Å². The van der Waals surface area contributed by atoms with Crippen molar-refractivity contribution in [2.75, 3.05) is 18.5 Å². The summed E-state index contributed by atoms with van der Waals surface area (Å²) in [6, 6.07) is 11.7. The molecule has 1 N–H and O–H groups in total. The van der Waals surface area contributed by atoms with Gasteiger partial charge >= 0.3 is 5.63 Å². The predicted molar refractivity (Wildman–Crippen MR) is 104 cm³/mol. The van der Waals surface area contributed by atoms with E-state index in [4.69, 9.17) is 25.5 Å². The summed E-state index contributed by atoms with van der Waals surface area (Å²) in [5, 5.41) is 3.77. The van der Waals surface area contributed by atoms with E-state index in [-0.39, 0.29) is 18.3 Å². The summed E-state index contributed by atoms with van der Waals surface area (Å²) in [4.78, 5) is 23.8. The topological polar surface area (TPSA) is 77.8 Å². The van der Waals surface area contributed by atoms with Gasteiger partial charge in [0.05, 0.1) is 17.3 Å². The van der Waals surface area contributed by atoms with E-state index in [1.54, 1.807) is 31.2 Å². The highest BCUT2D eigenvalue weighted by Crippen LogP contribution is 2.31. The van der Waals surface area contributed by atoms with Crippen LogP contribution in [-0.4, -0.2) is 19.1 Å². The van der Waals surface area contributed by atoms with E-state index in [1.807, 2.05) is 13.0 Å². The van der Waals surface area contributed by atoms with Gasteiger partial charge < -0.3 is 19.2 Å². The minimum Gasteiger partial charge on any atom is -0.492 e. The second-order valence-corrected chi connectivity index (χ2v) is 6.20. The van der Waals surface area contributed by atoms with Crippen molar-refractivity contribution in [3.63, 3.8) is 0 Å². The highest BCUT2D eigenvalue weighted by Gasteiger charge is 2.12. The van der Waals surface area contributed by atoms with E-state index in [2.05, 4.69) is 5.32 Å². The van der Waals surface area contributed by atoms with Gasteiger partial charge in [-0.15, -0.1) is 0 Å². The summed E-state index contributed by atoms with van der Waals surface area (Å²) in [5.41, 5.74) is 1.19. The van der Waals surface area contributed by atoms with Gasteiger partial charge in [-0.05, 0) is 37.6 Å². The van der Waals surface area contributed by atoms with Crippen LogP contribution in [0.1, 0.15) is 12.5 Å². The molecule has 0 aliphatic heterocycles. The number of aryl methyl sites for hydroxylation is 1. The first-order valence-corrected chi connectivity index (χ1v) is 8.74. The fourth-order valence-electron chi connectivity index (χ4n) is 2.61. The number of benzene rings is 2. The van der Waals surface area contributed by atoms with Crippen LogP contribution in [0.25, 0.3) is 11.0 Å². The van der Waals surface area contributed by atoms with Gasteiger partial charge in [-0.1, -0.05) is 23.7 Å². The van der Waals surface area contributed by atoms with Crippen molar-refractivity contribution in [1.82, 2.24) is 0 Å². The molecule has 140 valence electrons. The summed E-state index contributed by atoms with van der Waals surface area (Å²) in [5.74, 6) is 0.463. The molecule has 7 heteroatoms. The number of carbonyl (C=O) groups excluding carboxylic acids is 1. The second kappa shape index (κ2) is 8.14. The number of fused-ring (bicyclic) bond motifs is 1. The number of hydrogen-bond acceptors (Lipinski definition) is 5. The summed E-state index contributed by atoms with van der Waals surface area (Å²) >= 11 is 6.23. The van der Waals surface area contributed by atoms with Gasteiger partial charge in [0.2, 0.25) is 0 Å². The van der Waals surface area contributed by atoms with Crippen molar-refractivity contribution < 1.29 is 18.7 Å². The minimum atomic E-state index is -0.460. The van der Waals surface area contributed by atoms with Crippen molar-refractivity contribution in [2.24, 2.45) is 0 Å². The molecule has 0 saturated heterocycles. The Morgan fingerprint density at radius 3 is 2.70 bits per heavy atom. The van der Waals surface area contributed by atoms with Crippen LogP contribution in [0.5, 0.6) is 11.5 Å². The quantitative estimate of drug-likeness (QED) is 0.642. The summed E-state index contributed by atoms with van der Waals surface area (Å²) in [7, 11) is 0. The van der Waals surface area contributed by atoms with Gasteiger partial charge in [-0.3, -0.25) is 4.79 Å². The third-order valence-corrected chi connectivity index (χ3v) is 4.12. The van der Waals surface area contributed by atoms with Crippen molar-refractivity contribution in [3.05, 3.63) is 63.5 Å². The molecule has 0 aliphatic rings. The molecule has 1 aromatic heterocycles. The van der Waals surface area contributed by atoms with Gasteiger partial charge in [0.15, 0.2) is 6.61 Å². The molecular weight excluding hydrogens is 370 g/mol. The average molecular weight is 388 g/mol. The molecule has 3 rings (SSSR count). The number of anilines is 1. The van der Waals surface area contributed by atoms with Crippen molar-refractivity contribution in [3.8, 4) is 11.5 Å². The molecule has 0 bridgehead atoms. The van der Waals surface area contributed by atoms with Crippen LogP contribution in [0, 0.1) is 6.92 Å². The number of carbonyl (C=O) groups is 1. The highest BCUT2D eigenvalue weighted by molar-refractivity contribution is 6.32. The molecule has 1 amide bonds. The Morgan fingerprint density at radius 2 is 1.93 bits per heavy atom.